The largest absolute Gasteiger partial charge is 0.495 e. The van der Waals surface area contributed by atoms with Gasteiger partial charge in [-0.2, -0.15) is 13.2 Å². The number of hydrogen-bond donors (Lipinski definition) is 4. The zero-order valence-corrected chi connectivity index (χ0v) is 39.1. The number of nitrogens with zero attached hydrogens (tertiary/aromatic N) is 4. The number of carbonyl (C=O) groups excluding carboxylic acids is 5. The number of imide groups is 1. The molecule has 7 heterocycles. The van der Waals surface area contributed by atoms with Crippen LogP contribution in [-0.4, -0.2) is 102 Å². The SMILES string of the molecule is COc1cc(C(=O)N2C[C@@H]3CN(c4ccc5c(c4)CN(C4CCC(=O)NC4=O)C5=O)C[C@@H]3C2)ccc1NC(=O)[C@@H]1N[C@@H](CC(C)(C)C)[C@@]2(CNc3cc(C(F)(F)F)ncc32)[C@H]1c1cccc(Cl)c1F. The van der Waals surface area contributed by atoms with Gasteiger partial charge in [-0.3, -0.25) is 34.3 Å². The van der Waals surface area contributed by atoms with Gasteiger partial charge in [0, 0.05) is 109 Å². The lowest BCUT2D eigenvalue weighted by molar-refractivity contribution is -0.141. The number of pyridine rings is 1. The molecule has 3 aromatic carbocycles. The summed E-state index contributed by atoms with van der Waals surface area (Å²) in [7, 11) is 1.42. The van der Waals surface area contributed by atoms with Crippen molar-refractivity contribution < 1.29 is 46.3 Å². The predicted octanol–water partition coefficient (Wildman–Crippen LogP) is 6.73. The van der Waals surface area contributed by atoms with Crippen LogP contribution in [0.3, 0.4) is 0 Å². The average molecular weight is 971 g/mol. The molecule has 4 N–H and O–H groups in total. The first-order valence-electron chi connectivity index (χ1n) is 23.1. The molecule has 6 aliphatic rings. The third-order valence-corrected chi connectivity index (χ3v) is 15.2. The molecule has 69 heavy (non-hydrogen) atoms. The summed E-state index contributed by atoms with van der Waals surface area (Å²) >= 11 is 6.37. The summed E-state index contributed by atoms with van der Waals surface area (Å²) in [5.74, 6) is -2.90. The first-order valence-corrected chi connectivity index (χ1v) is 23.4. The van der Waals surface area contributed by atoms with Crippen molar-refractivity contribution in [2.75, 3.05) is 55.4 Å². The van der Waals surface area contributed by atoms with Crippen molar-refractivity contribution in [1.82, 2.24) is 25.4 Å². The summed E-state index contributed by atoms with van der Waals surface area (Å²) in [4.78, 5) is 75.8. The Balaban J connectivity index is 0.853. The van der Waals surface area contributed by atoms with E-state index in [0.717, 1.165) is 17.3 Å². The molecular formula is C50H51ClF4N8O6. The Morgan fingerprint density at radius 2 is 1.74 bits per heavy atom. The van der Waals surface area contributed by atoms with Crippen molar-refractivity contribution in [3.05, 3.63) is 111 Å². The van der Waals surface area contributed by atoms with Gasteiger partial charge in [0.1, 0.15) is 23.3 Å². The van der Waals surface area contributed by atoms with Gasteiger partial charge in [-0.25, -0.2) is 4.39 Å². The Labute approximate surface area is 400 Å². The number of hydrogen-bond acceptors (Lipinski definition) is 10. The number of amides is 5. The average Bonchev–Trinajstić information content (AvgIpc) is 4.12. The van der Waals surface area contributed by atoms with Crippen LogP contribution in [0.5, 0.6) is 5.75 Å². The van der Waals surface area contributed by atoms with Crippen molar-refractivity contribution in [3.8, 4) is 5.75 Å². The number of nitrogens with one attached hydrogen (secondary N) is 4. The minimum atomic E-state index is -4.70. The van der Waals surface area contributed by atoms with E-state index in [4.69, 9.17) is 16.3 Å². The monoisotopic (exact) mass is 970 g/mol. The summed E-state index contributed by atoms with van der Waals surface area (Å²) in [5.41, 5.74) is 1.12. The van der Waals surface area contributed by atoms with Crippen molar-refractivity contribution in [2.45, 2.75) is 82.2 Å². The molecule has 19 heteroatoms. The summed E-state index contributed by atoms with van der Waals surface area (Å²) in [5, 5.41) is 11.8. The highest BCUT2D eigenvalue weighted by Gasteiger charge is 2.62. The molecule has 4 aromatic rings. The molecule has 6 aliphatic heterocycles. The van der Waals surface area contributed by atoms with Crippen LogP contribution in [0.25, 0.3) is 0 Å². The number of carbonyl (C=O) groups is 5. The van der Waals surface area contributed by atoms with E-state index in [1.807, 2.05) is 37.8 Å². The fourth-order valence-corrected chi connectivity index (χ4v) is 12.0. The molecule has 1 unspecified atom stereocenters. The molecule has 1 spiro atoms. The lowest BCUT2D eigenvalue weighted by Crippen LogP contribution is -2.52. The fourth-order valence-electron chi connectivity index (χ4n) is 11.8. The zero-order valence-electron chi connectivity index (χ0n) is 38.3. The van der Waals surface area contributed by atoms with Crippen molar-refractivity contribution in [3.63, 3.8) is 0 Å². The van der Waals surface area contributed by atoms with E-state index in [-0.39, 0.29) is 88.6 Å². The number of methoxy groups -OCH3 is 1. The third-order valence-electron chi connectivity index (χ3n) is 14.9. The molecule has 5 amide bonds. The Bertz CT molecular complexity index is 2810. The van der Waals surface area contributed by atoms with Crippen LogP contribution in [0.15, 0.2) is 66.9 Å². The molecule has 0 radical (unpaired) electrons. The number of benzene rings is 3. The first-order chi connectivity index (χ1) is 32.7. The number of fused-ring (bicyclic) bond motifs is 4. The number of halogens is 5. The molecule has 1 aromatic heterocycles. The zero-order chi connectivity index (χ0) is 48.9. The molecule has 7 atom stereocenters. The molecule has 362 valence electrons. The summed E-state index contributed by atoms with van der Waals surface area (Å²) < 4.78 is 63.7. The summed E-state index contributed by atoms with van der Waals surface area (Å²) in [6.45, 7) is 8.84. The second-order valence-corrected chi connectivity index (χ2v) is 20.8. The second kappa shape index (κ2) is 17.0. The molecule has 0 bridgehead atoms. The standard InChI is InChI=1S/C50H51ClF4N8O6/c1-48(2,3)17-39-49(24-57-35-16-38(50(53,54)55)56-18-32(35)49)41(31-6-5-7-33(51)42(31)52)43(59-39)45(66)58-34-11-8-25(15-37(34)69-4)46(67)62-21-27-19-61(20-28(27)22-62)29-9-10-30-26(14-29)23-63(47(30)68)36-12-13-40(64)60-44(36)65/h5-11,14-16,18,27-28,36,39,41,43,57,59H,12-13,17,19-24H2,1-4H3,(H,58,66)(H,60,64,65)/t27-,28+,36?,39-,41-,43+,49-/m0/s1. The Morgan fingerprint density at radius 1 is 0.986 bits per heavy atom. The van der Waals surface area contributed by atoms with Crippen molar-refractivity contribution >= 4 is 58.2 Å². The Hall–Kier alpha value is -6.27. The molecule has 0 saturated carbocycles. The lowest BCUT2D eigenvalue weighted by atomic mass is 9.63. The van der Waals surface area contributed by atoms with Gasteiger partial charge in [-0.05, 0) is 77.9 Å². The highest BCUT2D eigenvalue weighted by Crippen LogP contribution is 2.57. The van der Waals surface area contributed by atoms with E-state index >= 15 is 4.39 Å². The van der Waals surface area contributed by atoms with E-state index in [2.05, 4.69) is 31.2 Å². The van der Waals surface area contributed by atoms with Crippen molar-refractivity contribution in [2.24, 2.45) is 17.3 Å². The van der Waals surface area contributed by atoms with Gasteiger partial charge in [0.25, 0.3) is 11.8 Å². The van der Waals surface area contributed by atoms with E-state index in [0.29, 0.717) is 49.3 Å². The minimum absolute atomic E-state index is 0.0824. The Kier molecular flexibility index (Phi) is 11.4. The maximum absolute atomic E-state index is 16.3. The number of ether oxygens (including phenoxy) is 1. The van der Waals surface area contributed by atoms with Crippen LogP contribution in [0.4, 0.5) is 34.6 Å². The number of aromatic nitrogens is 1. The summed E-state index contributed by atoms with van der Waals surface area (Å²) in [6, 6.07) is 13.6. The van der Waals surface area contributed by atoms with Crippen LogP contribution in [-0.2, 0) is 32.5 Å². The van der Waals surface area contributed by atoms with E-state index in [1.165, 1.54) is 24.3 Å². The van der Waals surface area contributed by atoms with Gasteiger partial charge in [-0.15, -0.1) is 0 Å². The number of likely N-dealkylation sites (tertiary alicyclic amines) is 1. The number of piperidine rings is 1. The van der Waals surface area contributed by atoms with Crippen LogP contribution >= 0.6 is 11.6 Å². The molecule has 0 aliphatic carbocycles. The molecule has 10 rings (SSSR count). The number of rotatable bonds is 8. The smallest absolute Gasteiger partial charge is 0.433 e. The van der Waals surface area contributed by atoms with E-state index in [9.17, 15) is 37.1 Å². The van der Waals surface area contributed by atoms with Gasteiger partial charge in [0.15, 0.2) is 0 Å². The van der Waals surface area contributed by atoms with Crippen LogP contribution in [0, 0.1) is 23.1 Å². The maximum Gasteiger partial charge on any atom is 0.433 e. The third kappa shape index (κ3) is 8.12. The quantitative estimate of drug-likeness (QED) is 0.110. The van der Waals surface area contributed by atoms with Crippen LogP contribution in [0.2, 0.25) is 5.02 Å². The van der Waals surface area contributed by atoms with Gasteiger partial charge in [-0.1, -0.05) is 44.5 Å². The highest BCUT2D eigenvalue weighted by atomic mass is 35.5. The molecule has 4 saturated heterocycles. The minimum Gasteiger partial charge on any atom is -0.495 e. The predicted molar refractivity (Wildman–Crippen MR) is 248 cm³/mol. The molecular weight excluding hydrogens is 920 g/mol. The molecule has 4 fully saturated rings. The van der Waals surface area contributed by atoms with Gasteiger partial charge in [0.05, 0.1) is 23.9 Å². The van der Waals surface area contributed by atoms with E-state index in [1.54, 1.807) is 36.4 Å². The number of alkyl halides is 3. The van der Waals surface area contributed by atoms with Crippen molar-refractivity contribution in [1.29, 1.82) is 0 Å². The first kappa shape index (κ1) is 46.5. The van der Waals surface area contributed by atoms with Crippen LogP contribution in [0.1, 0.15) is 89.1 Å². The second-order valence-electron chi connectivity index (χ2n) is 20.4. The Morgan fingerprint density at radius 3 is 2.43 bits per heavy atom. The topological polar surface area (TPSA) is 165 Å². The van der Waals surface area contributed by atoms with Gasteiger partial charge < -0.3 is 35.4 Å². The highest BCUT2D eigenvalue weighted by molar-refractivity contribution is 6.30. The number of anilines is 3. The fraction of sp³-hybridized carbons (Fsp3) is 0.440. The van der Waals surface area contributed by atoms with Gasteiger partial charge >= 0.3 is 6.18 Å². The molecule has 14 nitrogen and oxygen atoms in total. The van der Waals surface area contributed by atoms with Gasteiger partial charge in [0.2, 0.25) is 17.7 Å². The van der Waals surface area contributed by atoms with Crippen LogP contribution < -0.4 is 30.9 Å². The summed E-state index contributed by atoms with van der Waals surface area (Å²) in [6.07, 6.45) is -2.59. The normalized spacial score (nSPS) is 26.3. The maximum atomic E-state index is 16.3. The van der Waals surface area contributed by atoms with E-state index < -0.39 is 59.0 Å². The lowest BCUT2D eigenvalue weighted by Gasteiger charge is -2.39.